The van der Waals surface area contributed by atoms with Crippen LogP contribution in [0.25, 0.3) is 22.2 Å². The molecule has 5 rings (SSSR count). The van der Waals surface area contributed by atoms with Crippen LogP contribution >= 0.6 is 0 Å². The summed E-state index contributed by atoms with van der Waals surface area (Å²) in [5, 5.41) is 0.874. The van der Waals surface area contributed by atoms with Crippen LogP contribution in [0.1, 0.15) is 31.4 Å². The van der Waals surface area contributed by atoms with Crippen LogP contribution in [0.3, 0.4) is 0 Å². The lowest BCUT2D eigenvalue weighted by molar-refractivity contribution is -0.0270. The van der Waals surface area contributed by atoms with Crippen molar-refractivity contribution in [3.05, 3.63) is 48.0 Å². The van der Waals surface area contributed by atoms with Gasteiger partial charge in [-0.3, -0.25) is 0 Å². The number of benzene rings is 1. The molecule has 1 spiro atoms. The van der Waals surface area contributed by atoms with E-state index in [1.165, 1.54) is 16.4 Å². The predicted octanol–water partition coefficient (Wildman–Crippen LogP) is 3.55. The summed E-state index contributed by atoms with van der Waals surface area (Å²) in [4.78, 5) is 19.3. The third-order valence-electron chi connectivity index (χ3n) is 6.65. The molecule has 0 atom stereocenters. The van der Waals surface area contributed by atoms with Crippen LogP contribution in [0, 0.1) is 11.2 Å². The van der Waals surface area contributed by atoms with E-state index in [9.17, 15) is 17.6 Å². The lowest BCUT2D eigenvalue weighted by Gasteiger charge is -2.57. The molecule has 1 aromatic carbocycles. The molecule has 1 amide bonds. The third kappa shape index (κ3) is 3.88. The molecule has 2 aliphatic rings. The number of halogens is 1. The van der Waals surface area contributed by atoms with Crippen molar-refractivity contribution in [2.45, 2.75) is 25.7 Å². The van der Waals surface area contributed by atoms with Gasteiger partial charge in [0, 0.05) is 41.8 Å². The minimum Gasteiger partial charge on any atom is -0.496 e. The molecule has 0 bridgehead atoms. The zero-order valence-electron chi connectivity index (χ0n) is 18.8. The van der Waals surface area contributed by atoms with Crippen molar-refractivity contribution in [1.82, 2.24) is 19.0 Å². The van der Waals surface area contributed by atoms with Gasteiger partial charge in [0.05, 0.1) is 13.7 Å². The van der Waals surface area contributed by atoms with Gasteiger partial charge in [0.2, 0.25) is 0 Å². The number of nitrogens with zero attached hydrogens (tertiary/aromatic N) is 2. The summed E-state index contributed by atoms with van der Waals surface area (Å²) in [5.41, 5.74) is 3.11. The fourth-order valence-electron chi connectivity index (χ4n) is 5.06. The molecule has 3 heterocycles. The van der Waals surface area contributed by atoms with E-state index >= 15 is 0 Å². The lowest BCUT2D eigenvalue weighted by atomic mass is 9.58. The molecule has 2 aromatic heterocycles. The van der Waals surface area contributed by atoms with Gasteiger partial charge >= 0.3 is 16.3 Å². The summed E-state index contributed by atoms with van der Waals surface area (Å²) >= 11 is 0. The Morgan fingerprint density at radius 1 is 1.26 bits per heavy atom. The average Bonchev–Trinajstić information content (AvgIpc) is 3.15. The van der Waals surface area contributed by atoms with E-state index in [2.05, 4.69) is 14.7 Å². The highest BCUT2D eigenvalue weighted by Gasteiger charge is 2.56. The van der Waals surface area contributed by atoms with E-state index in [1.807, 2.05) is 16.9 Å². The molecular formula is C23H25FN4O5S. The minimum absolute atomic E-state index is 0.0899. The molecular weight excluding hydrogens is 463 g/mol. The summed E-state index contributed by atoms with van der Waals surface area (Å²) in [7, 11) is -2.34. The lowest BCUT2D eigenvalue weighted by Crippen LogP contribution is -2.65. The highest BCUT2D eigenvalue weighted by molar-refractivity contribution is 7.87. The van der Waals surface area contributed by atoms with Crippen LogP contribution in [0.4, 0.5) is 9.18 Å². The minimum atomic E-state index is -3.89. The summed E-state index contributed by atoms with van der Waals surface area (Å²) in [6, 6.07) is 8.29. The first kappa shape index (κ1) is 22.6. The highest BCUT2D eigenvalue weighted by atomic mass is 32.2. The standard InChI is InChI=1S/C23H25FN4O5S/c1-3-33-22(29)27-34(30,31)28-12-23(13-28)10-14(11-23)19-9-18-16(6-7-25-21(18)26-19)17-8-15(24)4-5-20(17)32-2/h4-9,14H,3,10-13H2,1-2H3,(H,25,26)(H,27,29). The normalized spacial score (nSPS) is 17.9. The average molecular weight is 489 g/mol. The smallest absolute Gasteiger partial charge is 0.421 e. The predicted molar refractivity (Wildman–Crippen MR) is 123 cm³/mol. The van der Waals surface area contributed by atoms with Crippen molar-refractivity contribution in [1.29, 1.82) is 0 Å². The maximum absolute atomic E-state index is 14.0. The Morgan fingerprint density at radius 2 is 2.03 bits per heavy atom. The number of amides is 1. The zero-order valence-corrected chi connectivity index (χ0v) is 19.6. The van der Waals surface area contributed by atoms with Crippen LogP contribution in [-0.4, -0.2) is 55.6 Å². The van der Waals surface area contributed by atoms with Crippen molar-refractivity contribution >= 4 is 27.3 Å². The molecule has 2 N–H and O–H groups in total. The maximum Gasteiger partial charge on any atom is 0.421 e. The number of aromatic nitrogens is 2. The van der Waals surface area contributed by atoms with E-state index in [4.69, 9.17) is 4.74 Å². The molecule has 0 unspecified atom stereocenters. The largest absolute Gasteiger partial charge is 0.496 e. The van der Waals surface area contributed by atoms with Gasteiger partial charge in [-0.25, -0.2) is 18.9 Å². The number of ether oxygens (including phenoxy) is 2. The number of hydrogen-bond acceptors (Lipinski definition) is 6. The number of carbonyl (C=O) groups excluding carboxylic acids is 1. The quantitative estimate of drug-likeness (QED) is 0.549. The number of rotatable bonds is 6. The fourth-order valence-corrected chi connectivity index (χ4v) is 6.34. The molecule has 2 fully saturated rings. The van der Waals surface area contributed by atoms with Crippen molar-refractivity contribution in [3.63, 3.8) is 0 Å². The van der Waals surface area contributed by atoms with Crippen LogP contribution in [-0.2, 0) is 14.9 Å². The van der Waals surface area contributed by atoms with E-state index in [1.54, 1.807) is 26.3 Å². The second-order valence-corrected chi connectivity index (χ2v) is 10.6. The Bertz CT molecular complexity index is 1360. The number of carbonyl (C=O) groups is 1. The summed E-state index contributed by atoms with van der Waals surface area (Å²) in [5.74, 6) is 0.463. The number of hydrogen-bond donors (Lipinski definition) is 2. The Morgan fingerprint density at radius 3 is 2.74 bits per heavy atom. The molecule has 9 nitrogen and oxygen atoms in total. The zero-order chi connectivity index (χ0) is 24.1. The van der Waals surface area contributed by atoms with Gasteiger partial charge in [0.1, 0.15) is 17.2 Å². The van der Waals surface area contributed by atoms with E-state index in [0.717, 1.165) is 29.5 Å². The monoisotopic (exact) mass is 488 g/mol. The van der Waals surface area contributed by atoms with Gasteiger partial charge < -0.3 is 14.5 Å². The summed E-state index contributed by atoms with van der Waals surface area (Å²) in [6.45, 7) is 2.43. The van der Waals surface area contributed by atoms with Crippen LogP contribution < -0.4 is 9.46 Å². The number of aromatic amines is 1. The number of methoxy groups -OCH3 is 1. The SMILES string of the molecule is CCOC(=O)NS(=O)(=O)N1CC2(CC(c3cc4c(-c5cc(F)ccc5OC)ccnc4[nH]3)C2)C1. The van der Waals surface area contributed by atoms with Crippen LogP contribution in [0.2, 0.25) is 0 Å². The van der Waals surface area contributed by atoms with Gasteiger partial charge in [0.25, 0.3) is 0 Å². The first-order valence-electron chi connectivity index (χ1n) is 11.0. The van der Waals surface area contributed by atoms with E-state index in [0.29, 0.717) is 30.0 Å². The van der Waals surface area contributed by atoms with Crippen LogP contribution in [0.5, 0.6) is 5.75 Å². The second-order valence-electron chi connectivity index (χ2n) is 8.89. The van der Waals surface area contributed by atoms with Gasteiger partial charge in [-0.05, 0) is 61.1 Å². The number of nitrogens with one attached hydrogen (secondary N) is 2. The second kappa shape index (κ2) is 8.24. The third-order valence-corrected chi connectivity index (χ3v) is 8.02. The van der Waals surface area contributed by atoms with Gasteiger partial charge in [-0.1, -0.05) is 0 Å². The first-order chi connectivity index (χ1) is 16.2. The Kier molecular flexibility index (Phi) is 5.48. The maximum atomic E-state index is 14.0. The van der Waals surface area contributed by atoms with Gasteiger partial charge in [-0.15, -0.1) is 0 Å². The molecule has 0 radical (unpaired) electrons. The Labute approximate surface area is 196 Å². The van der Waals surface area contributed by atoms with Crippen LogP contribution in [0.15, 0.2) is 36.5 Å². The summed E-state index contributed by atoms with van der Waals surface area (Å²) < 4.78 is 51.9. The molecule has 1 aliphatic carbocycles. The topological polar surface area (TPSA) is 114 Å². The Balaban J connectivity index is 1.31. The molecule has 11 heteroatoms. The highest BCUT2D eigenvalue weighted by Crippen LogP contribution is 2.56. The van der Waals surface area contributed by atoms with Crippen molar-refractivity contribution in [3.8, 4) is 16.9 Å². The molecule has 1 saturated carbocycles. The van der Waals surface area contributed by atoms with Gasteiger partial charge in [-0.2, -0.15) is 12.7 Å². The van der Waals surface area contributed by atoms with Gasteiger partial charge in [0.15, 0.2) is 0 Å². The van der Waals surface area contributed by atoms with E-state index in [-0.39, 0.29) is 23.8 Å². The molecule has 34 heavy (non-hydrogen) atoms. The van der Waals surface area contributed by atoms with Crippen molar-refractivity contribution < 1.29 is 27.1 Å². The number of H-pyrrole nitrogens is 1. The number of pyridine rings is 1. The molecule has 3 aromatic rings. The number of fused-ring (bicyclic) bond motifs is 1. The Hall–Kier alpha value is -3.18. The van der Waals surface area contributed by atoms with Crippen molar-refractivity contribution in [2.75, 3.05) is 26.8 Å². The van der Waals surface area contributed by atoms with Crippen molar-refractivity contribution in [2.24, 2.45) is 5.41 Å². The molecule has 180 valence electrons. The summed E-state index contributed by atoms with van der Waals surface area (Å²) in [6.07, 6.45) is 2.36. The van der Waals surface area contributed by atoms with E-state index < -0.39 is 16.3 Å². The molecule has 1 aliphatic heterocycles. The fraction of sp³-hybridized carbons (Fsp3) is 0.391. The first-order valence-corrected chi connectivity index (χ1v) is 12.4. The molecule has 1 saturated heterocycles.